The Bertz CT molecular complexity index is 845. The molecule has 3 aromatic heterocycles. The summed E-state index contributed by atoms with van der Waals surface area (Å²) in [6.07, 6.45) is 5.46. The molecular weight excluding hydrogens is 370 g/mol. The predicted molar refractivity (Wildman–Crippen MR) is 97.9 cm³/mol. The van der Waals surface area contributed by atoms with Crippen molar-refractivity contribution in [2.24, 2.45) is 0 Å². The van der Waals surface area contributed by atoms with E-state index in [1.807, 2.05) is 24.5 Å². The van der Waals surface area contributed by atoms with Gasteiger partial charge in [0, 0.05) is 44.1 Å². The van der Waals surface area contributed by atoms with Gasteiger partial charge in [-0.05, 0) is 35.0 Å². The molecule has 2 N–H and O–H groups in total. The molecule has 4 heterocycles. The first-order chi connectivity index (χ1) is 11.7. The molecular formula is C16H18BrN7. The molecule has 0 bridgehead atoms. The first kappa shape index (κ1) is 15.3. The van der Waals surface area contributed by atoms with Gasteiger partial charge < -0.3 is 15.5 Å². The Hall–Kier alpha value is -2.19. The van der Waals surface area contributed by atoms with Crippen molar-refractivity contribution in [3.63, 3.8) is 0 Å². The lowest BCUT2D eigenvalue weighted by molar-refractivity contribution is 0.500. The van der Waals surface area contributed by atoms with Gasteiger partial charge in [0.15, 0.2) is 5.65 Å². The largest absolute Gasteiger partial charge is 0.365 e. The monoisotopic (exact) mass is 387 g/mol. The molecule has 24 heavy (non-hydrogen) atoms. The highest BCUT2D eigenvalue weighted by Gasteiger charge is 2.18. The summed E-state index contributed by atoms with van der Waals surface area (Å²) in [7, 11) is 0. The van der Waals surface area contributed by atoms with Crippen LogP contribution in [0.4, 0.5) is 17.2 Å². The molecule has 0 aliphatic carbocycles. The molecule has 0 spiro atoms. The van der Waals surface area contributed by atoms with E-state index < -0.39 is 0 Å². The van der Waals surface area contributed by atoms with Crippen molar-refractivity contribution in [1.29, 1.82) is 0 Å². The summed E-state index contributed by atoms with van der Waals surface area (Å²) in [4.78, 5) is 11.3. The van der Waals surface area contributed by atoms with E-state index in [9.17, 15) is 0 Å². The van der Waals surface area contributed by atoms with Gasteiger partial charge in [0.05, 0.1) is 17.6 Å². The maximum Gasteiger partial charge on any atom is 0.177 e. The highest BCUT2D eigenvalue weighted by molar-refractivity contribution is 9.10. The maximum absolute atomic E-state index is 4.56. The third-order valence-electron chi connectivity index (χ3n) is 4.17. The van der Waals surface area contributed by atoms with Gasteiger partial charge >= 0.3 is 0 Å². The quantitative estimate of drug-likeness (QED) is 0.718. The van der Waals surface area contributed by atoms with Crippen molar-refractivity contribution in [3.05, 3.63) is 41.4 Å². The van der Waals surface area contributed by atoms with Gasteiger partial charge in [-0.25, -0.2) is 14.5 Å². The summed E-state index contributed by atoms with van der Waals surface area (Å²) in [6.45, 7) is 5.24. The van der Waals surface area contributed by atoms with Crippen LogP contribution in [-0.4, -0.2) is 45.3 Å². The van der Waals surface area contributed by atoms with Crippen molar-refractivity contribution in [1.82, 2.24) is 24.9 Å². The number of piperazine rings is 1. The molecule has 4 rings (SSSR count). The Morgan fingerprint density at radius 3 is 3.04 bits per heavy atom. The molecule has 0 aromatic carbocycles. The molecule has 0 saturated carbocycles. The number of halogens is 1. The van der Waals surface area contributed by atoms with Gasteiger partial charge in [0.1, 0.15) is 10.4 Å². The lowest BCUT2D eigenvalue weighted by Crippen LogP contribution is -2.49. The Kier molecular flexibility index (Phi) is 4.07. The molecule has 1 atom stereocenters. The minimum Gasteiger partial charge on any atom is -0.365 e. The molecule has 1 saturated heterocycles. The lowest BCUT2D eigenvalue weighted by atomic mass is 10.2. The van der Waals surface area contributed by atoms with Crippen LogP contribution < -0.4 is 15.5 Å². The Balaban J connectivity index is 1.57. The number of imidazole rings is 1. The molecule has 7 nitrogen and oxygen atoms in total. The molecule has 1 aliphatic heterocycles. The van der Waals surface area contributed by atoms with Gasteiger partial charge in [-0.1, -0.05) is 0 Å². The topological polar surface area (TPSA) is 70.4 Å². The fourth-order valence-corrected chi connectivity index (χ4v) is 3.37. The zero-order chi connectivity index (χ0) is 16.5. The molecule has 0 radical (unpaired) electrons. The van der Waals surface area contributed by atoms with Crippen molar-refractivity contribution in [3.8, 4) is 0 Å². The van der Waals surface area contributed by atoms with Gasteiger partial charge in [-0.2, -0.15) is 5.10 Å². The SMILES string of the molecule is C[C@H]1CNCCN1c1ccc(Nc2cc(Br)nn3ccnc23)nc1. The zero-order valence-corrected chi connectivity index (χ0v) is 14.9. The standard InChI is InChI=1S/C16H18BrN7/c1-11-9-18-4-6-23(11)12-2-3-15(20-10-12)21-13-8-14(17)22-24-7-5-19-16(13)24/h2-3,5,7-8,10-11,18H,4,6,9H2,1H3,(H,20,21)/t11-/m0/s1. The van der Waals surface area contributed by atoms with Crippen LogP contribution in [-0.2, 0) is 0 Å². The number of anilines is 3. The van der Waals surface area contributed by atoms with Crippen molar-refractivity contribution in [2.75, 3.05) is 29.9 Å². The molecule has 3 aromatic rings. The number of fused-ring (bicyclic) bond motifs is 1. The van der Waals surface area contributed by atoms with Gasteiger partial charge in [-0.15, -0.1) is 0 Å². The van der Waals surface area contributed by atoms with E-state index in [1.54, 1.807) is 10.7 Å². The summed E-state index contributed by atoms with van der Waals surface area (Å²) in [5, 5.41) is 11.0. The molecule has 124 valence electrons. The zero-order valence-electron chi connectivity index (χ0n) is 13.3. The van der Waals surface area contributed by atoms with E-state index in [1.165, 1.54) is 0 Å². The second-order valence-corrected chi connectivity index (χ2v) is 6.66. The summed E-state index contributed by atoms with van der Waals surface area (Å²) < 4.78 is 2.46. The smallest absolute Gasteiger partial charge is 0.177 e. The highest BCUT2D eigenvalue weighted by atomic mass is 79.9. The van der Waals surface area contributed by atoms with Crippen LogP contribution in [0.25, 0.3) is 5.65 Å². The van der Waals surface area contributed by atoms with Crippen LogP contribution >= 0.6 is 15.9 Å². The second kappa shape index (κ2) is 6.37. The summed E-state index contributed by atoms with van der Waals surface area (Å²) >= 11 is 3.42. The summed E-state index contributed by atoms with van der Waals surface area (Å²) in [6, 6.07) is 6.48. The summed E-state index contributed by atoms with van der Waals surface area (Å²) in [5.41, 5.74) is 2.77. The number of hydrogen-bond acceptors (Lipinski definition) is 6. The van der Waals surface area contributed by atoms with Gasteiger partial charge in [0.2, 0.25) is 0 Å². The maximum atomic E-state index is 4.56. The minimum absolute atomic E-state index is 0.472. The number of aromatic nitrogens is 4. The minimum atomic E-state index is 0.472. The first-order valence-electron chi connectivity index (χ1n) is 7.91. The molecule has 1 fully saturated rings. The third-order valence-corrected chi connectivity index (χ3v) is 4.56. The van der Waals surface area contributed by atoms with E-state index in [0.29, 0.717) is 6.04 Å². The van der Waals surface area contributed by atoms with Crippen LogP contribution in [0.1, 0.15) is 6.92 Å². The van der Waals surface area contributed by atoms with Crippen molar-refractivity contribution in [2.45, 2.75) is 13.0 Å². The van der Waals surface area contributed by atoms with Crippen LogP contribution in [0.15, 0.2) is 41.4 Å². The second-order valence-electron chi connectivity index (χ2n) is 5.85. The van der Waals surface area contributed by atoms with Crippen LogP contribution in [0.2, 0.25) is 0 Å². The number of nitrogens with one attached hydrogen (secondary N) is 2. The van der Waals surface area contributed by atoms with E-state index in [0.717, 1.165) is 47.1 Å². The van der Waals surface area contributed by atoms with Gasteiger partial charge in [-0.3, -0.25) is 0 Å². The molecule has 8 heteroatoms. The number of hydrogen-bond donors (Lipinski definition) is 2. The number of pyridine rings is 1. The Labute approximate surface area is 148 Å². The van der Waals surface area contributed by atoms with Crippen molar-refractivity contribution < 1.29 is 0 Å². The van der Waals surface area contributed by atoms with Crippen LogP contribution in [0, 0.1) is 0 Å². The fraction of sp³-hybridized carbons (Fsp3) is 0.312. The van der Waals surface area contributed by atoms with E-state index in [4.69, 9.17) is 0 Å². The van der Waals surface area contributed by atoms with E-state index >= 15 is 0 Å². The molecule has 1 aliphatic rings. The normalized spacial score (nSPS) is 18.1. The fourth-order valence-electron chi connectivity index (χ4n) is 2.97. The number of nitrogens with zero attached hydrogens (tertiary/aromatic N) is 5. The van der Waals surface area contributed by atoms with Crippen LogP contribution in [0.3, 0.4) is 0 Å². The Morgan fingerprint density at radius 2 is 2.25 bits per heavy atom. The molecule has 0 amide bonds. The van der Waals surface area contributed by atoms with Crippen LogP contribution in [0.5, 0.6) is 0 Å². The summed E-state index contributed by atoms with van der Waals surface area (Å²) in [5.74, 6) is 0.782. The van der Waals surface area contributed by atoms with Gasteiger partial charge in [0.25, 0.3) is 0 Å². The average Bonchev–Trinajstić information content (AvgIpc) is 3.05. The van der Waals surface area contributed by atoms with Crippen molar-refractivity contribution >= 4 is 38.8 Å². The Morgan fingerprint density at radius 1 is 1.33 bits per heavy atom. The van der Waals surface area contributed by atoms with E-state index in [-0.39, 0.29) is 0 Å². The highest BCUT2D eigenvalue weighted by Crippen LogP contribution is 2.24. The number of rotatable bonds is 3. The predicted octanol–water partition coefficient (Wildman–Crippen LogP) is 2.43. The van der Waals surface area contributed by atoms with E-state index in [2.05, 4.69) is 59.5 Å². The first-order valence-corrected chi connectivity index (χ1v) is 8.70. The average molecular weight is 388 g/mol. The third kappa shape index (κ3) is 2.94. The lowest BCUT2D eigenvalue weighted by Gasteiger charge is -2.35. The molecule has 0 unspecified atom stereocenters.